The average Bonchev–Trinajstić information content (AvgIpc) is 2.71. The lowest BCUT2D eigenvalue weighted by atomic mass is 10.2. The summed E-state index contributed by atoms with van der Waals surface area (Å²) in [5, 5.41) is 4.24. The van der Waals surface area contributed by atoms with Crippen LogP contribution in [0.4, 0.5) is 5.82 Å². The van der Waals surface area contributed by atoms with Gasteiger partial charge in [0.1, 0.15) is 17.0 Å². The summed E-state index contributed by atoms with van der Waals surface area (Å²) in [5.74, 6) is 0.558. The first-order valence-corrected chi connectivity index (χ1v) is 6.55. The van der Waals surface area contributed by atoms with Gasteiger partial charge in [-0.05, 0) is 31.3 Å². The van der Waals surface area contributed by atoms with Crippen molar-refractivity contribution in [3.05, 3.63) is 12.0 Å². The topological polar surface area (TPSA) is 93.8 Å². The van der Waals surface area contributed by atoms with E-state index in [1.54, 1.807) is 0 Å². The quantitative estimate of drug-likeness (QED) is 0.771. The van der Waals surface area contributed by atoms with Crippen LogP contribution in [0.15, 0.2) is 6.33 Å². The van der Waals surface area contributed by atoms with Crippen molar-refractivity contribution >= 4 is 33.5 Å². The molecular formula is C11H15N5OS. The molecule has 6 nitrogen and oxygen atoms in total. The maximum atomic E-state index is 10.6. The van der Waals surface area contributed by atoms with Crippen LogP contribution in [0.25, 0.3) is 10.2 Å². The first-order valence-electron chi connectivity index (χ1n) is 5.77. The van der Waals surface area contributed by atoms with Gasteiger partial charge in [0.2, 0.25) is 5.91 Å². The van der Waals surface area contributed by atoms with E-state index in [0.29, 0.717) is 6.42 Å². The Kier molecular flexibility index (Phi) is 4.03. The molecule has 7 heteroatoms. The van der Waals surface area contributed by atoms with Gasteiger partial charge in [-0.25, -0.2) is 9.97 Å². The van der Waals surface area contributed by atoms with E-state index in [1.807, 2.05) is 6.92 Å². The van der Waals surface area contributed by atoms with Crippen molar-refractivity contribution in [1.29, 1.82) is 0 Å². The van der Waals surface area contributed by atoms with Gasteiger partial charge in [0.15, 0.2) is 0 Å². The third kappa shape index (κ3) is 2.92. The van der Waals surface area contributed by atoms with Crippen molar-refractivity contribution in [3.8, 4) is 0 Å². The highest BCUT2D eigenvalue weighted by Crippen LogP contribution is 2.25. The molecule has 2 aromatic heterocycles. The molecule has 0 spiro atoms. The Labute approximate surface area is 109 Å². The van der Waals surface area contributed by atoms with Crippen LogP contribution in [0.2, 0.25) is 0 Å². The number of aryl methyl sites for hydroxylation is 1. The molecule has 0 fully saturated rings. The number of hydrogen-bond acceptors (Lipinski definition) is 6. The van der Waals surface area contributed by atoms with Crippen molar-refractivity contribution in [3.63, 3.8) is 0 Å². The standard InChI is InChI=1S/C11H15N5OS/c1-7-9-10(13-5-3-2-4-8(12)17)14-6-15-11(9)18-16-7/h6H,2-5H2,1H3,(H2,12,17)(H,13,14,15). The molecule has 0 aliphatic heterocycles. The number of aromatic nitrogens is 3. The van der Waals surface area contributed by atoms with E-state index in [4.69, 9.17) is 5.73 Å². The predicted molar refractivity (Wildman–Crippen MR) is 71.5 cm³/mol. The lowest BCUT2D eigenvalue weighted by Crippen LogP contribution is -2.11. The van der Waals surface area contributed by atoms with Gasteiger partial charge in [-0.2, -0.15) is 4.37 Å². The minimum Gasteiger partial charge on any atom is -0.370 e. The van der Waals surface area contributed by atoms with Crippen LogP contribution in [-0.4, -0.2) is 26.8 Å². The normalized spacial score (nSPS) is 10.7. The minimum atomic E-state index is -0.252. The Bertz CT molecular complexity index is 553. The van der Waals surface area contributed by atoms with Crippen LogP contribution in [0.3, 0.4) is 0 Å². The van der Waals surface area contributed by atoms with Crippen LogP contribution in [0.5, 0.6) is 0 Å². The van der Waals surface area contributed by atoms with E-state index >= 15 is 0 Å². The molecule has 0 radical (unpaired) electrons. The summed E-state index contributed by atoms with van der Waals surface area (Å²) in [7, 11) is 0. The van der Waals surface area contributed by atoms with Crippen molar-refractivity contribution in [2.45, 2.75) is 26.2 Å². The van der Waals surface area contributed by atoms with Gasteiger partial charge < -0.3 is 11.1 Å². The van der Waals surface area contributed by atoms with Crippen LogP contribution in [-0.2, 0) is 4.79 Å². The molecule has 0 saturated carbocycles. The molecule has 2 aromatic rings. The van der Waals surface area contributed by atoms with E-state index in [9.17, 15) is 4.79 Å². The van der Waals surface area contributed by atoms with E-state index in [2.05, 4.69) is 19.7 Å². The molecule has 0 aromatic carbocycles. The van der Waals surface area contributed by atoms with Gasteiger partial charge in [0.25, 0.3) is 0 Å². The number of rotatable bonds is 6. The van der Waals surface area contributed by atoms with Crippen molar-refractivity contribution < 1.29 is 4.79 Å². The number of primary amides is 1. The third-order valence-electron chi connectivity index (χ3n) is 2.59. The van der Waals surface area contributed by atoms with E-state index in [-0.39, 0.29) is 5.91 Å². The maximum Gasteiger partial charge on any atom is 0.217 e. The molecule has 0 saturated heterocycles. The maximum absolute atomic E-state index is 10.6. The Hall–Kier alpha value is -1.76. The lowest BCUT2D eigenvalue weighted by molar-refractivity contribution is -0.118. The Morgan fingerprint density at radius 1 is 1.44 bits per heavy atom. The molecule has 1 amide bonds. The summed E-state index contributed by atoms with van der Waals surface area (Å²) in [6, 6.07) is 0. The van der Waals surface area contributed by atoms with E-state index in [0.717, 1.165) is 41.1 Å². The molecule has 0 aliphatic rings. The number of carbonyl (C=O) groups is 1. The molecule has 2 heterocycles. The molecule has 0 unspecified atom stereocenters. The van der Waals surface area contributed by atoms with Gasteiger partial charge in [-0.15, -0.1) is 0 Å². The summed E-state index contributed by atoms with van der Waals surface area (Å²) in [4.78, 5) is 19.9. The lowest BCUT2D eigenvalue weighted by Gasteiger charge is -2.05. The zero-order chi connectivity index (χ0) is 13.0. The fourth-order valence-electron chi connectivity index (χ4n) is 1.69. The number of unbranched alkanes of at least 4 members (excludes halogenated alkanes) is 1. The monoisotopic (exact) mass is 265 g/mol. The highest BCUT2D eigenvalue weighted by molar-refractivity contribution is 7.13. The number of anilines is 1. The highest BCUT2D eigenvalue weighted by Gasteiger charge is 2.09. The van der Waals surface area contributed by atoms with Gasteiger partial charge >= 0.3 is 0 Å². The molecule has 96 valence electrons. The second-order valence-electron chi connectivity index (χ2n) is 4.02. The third-order valence-corrected chi connectivity index (χ3v) is 3.43. The summed E-state index contributed by atoms with van der Waals surface area (Å²) < 4.78 is 4.26. The Morgan fingerprint density at radius 2 is 2.28 bits per heavy atom. The van der Waals surface area contributed by atoms with Gasteiger partial charge in [0.05, 0.1) is 11.1 Å². The van der Waals surface area contributed by atoms with Crippen molar-refractivity contribution in [1.82, 2.24) is 14.3 Å². The number of carbonyl (C=O) groups excluding carboxylic acids is 1. The van der Waals surface area contributed by atoms with Crippen LogP contribution >= 0.6 is 11.5 Å². The van der Waals surface area contributed by atoms with Crippen molar-refractivity contribution in [2.24, 2.45) is 5.73 Å². The number of fused-ring (bicyclic) bond motifs is 1. The van der Waals surface area contributed by atoms with E-state index in [1.165, 1.54) is 17.9 Å². The summed E-state index contributed by atoms with van der Waals surface area (Å²) in [5.41, 5.74) is 6.02. The SMILES string of the molecule is Cc1nsc2ncnc(NCCCCC(N)=O)c12. The summed E-state index contributed by atoms with van der Waals surface area (Å²) in [6.07, 6.45) is 3.63. The van der Waals surface area contributed by atoms with Crippen LogP contribution < -0.4 is 11.1 Å². The Balaban J connectivity index is 1.95. The van der Waals surface area contributed by atoms with Crippen LogP contribution in [0.1, 0.15) is 25.0 Å². The summed E-state index contributed by atoms with van der Waals surface area (Å²) >= 11 is 1.37. The smallest absolute Gasteiger partial charge is 0.217 e. The van der Waals surface area contributed by atoms with Gasteiger partial charge in [0, 0.05) is 13.0 Å². The molecule has 0 aliphatic carbocycles. The van der Waals surface area contributed by atoms with Gasteiger partial charge in [-0.1, -0.05) is 0 Å². The second kappa shape index (κ2) is 5.72. The number of hydrogen-bond donors (Lipinski definition) is 2. The van der Waals surface area contributed by atoms with Crippen molar-refractivity contribution in [2.75, 3.05) is 11.9 Å². The van der Waals surface area contributed by atoms with Crippen LogP contribution in [0, 0.1) is 6.92 Å². The number of nitrogens with two attached hydrogens (primary N) is 1. The van der Waals surface area contributed by atoms with Gasteiger partial charge in [-0.3, -0.25) is 4.79 Å². The zero-order valence-corrected chi connectivity index (χ0v) is 11.0. The molecule has 2 rings (SSSR count). The first kappa shape index (κ1) is 12.7. The highest BCUT2D eigenvalue weighted by atomic mass is 32.1. The summed E-state index contributed by atoms with van der Waals surface area (Å²) in [6.45, 7) is 2.70. The minimum absolute atomic E-state index is 0.252. The molecule has 0 atom stereocenters. The molecule has 0 bridgehead atoms. The molecule has 3 N–H and O–H groups in total. The predicted octanol–water partition coefficient (Wildman–Crippen LogP) is 1.46. The largest absolute Gasteiger partial charge is 0.370 e. The number of nitrogens with zero attached hydrogens (tertiary/aromatic N) is 3. The number of amides is 1. The second-order valence-corrected chi connectivity index (χ2v) is 4.77. The fraction of sp³-hybridized carbons (Fsp3) is 0.455. The van der Waals surface area contributed by atoms with E-state index < -0.39 is 0 Å². The number of nitrogens with one attached hydrogen (secondary N) is 1. The first-order chi connectivity index (χ1) is 8.68. The zero-order valence-electron chi connectivity index (χ0n) is 10.1. The average molecular weight is 265 g/mol. The fourth-order valence-corrected chi connectivity index (χ4v) is 2.43. The molecular weight excluding hydrogens is 250 g/mol. The molecule has 18 heavy (non-hydrogen) atoms. The Morgan fingerprint density at radius 3 is 3.06 bits per heavy atom.